The van der Waals surface area contributed by atoms with Gasteiger partial charge in [-0.15, -0.1) is 0 Å². The number of nitrogens with zero attached hydrogens (tertiary/aromatic N) is 3. The first kappa shape index (κ1) is 28.2. The second-order valence-electron chi connectivity index (χ2n) is 9.13. The lowest BCUT2D eigenvalue weighted by atomic mass is 10.1. The lowest BCUT2D eigenvalue weighted by molar-refractivity contribution is -0.137. The summed E-state index contributed by atoms with van der Waals surface area (Å²) in [6, 6.07) is 12.6. The molecule has 0 aliphatic heterocycles. The van der Waals surface area contributed by atoms with Crippen molar-refractivity contribution in [3.63, 3.8) is 0 Å². The SMILES string of the molecule is CS(=O)(=O)Cc1nccn1CCCCc1ccc(OCc2coc(/C=C/c3ccc(C(F)(F)F)cc3)n2)cc1. The van der Waals surface area contributed by atoms with E-state index in [2.05, 4.69) is 9.97 Å². The van der Waals surface area contributed by atoms with E-state index in [1.807, 2.05) is 28.8 Å². The van der Waals surface area contributed by atoms with Gasteiger partial charge in [0.15, 0.2) is 9.84 Å². The summed E-state index contributed by atoms with van der Waals surface area (Å²) in [5.74, 6) is 1.51. The van der Waals surface area contributed by atoms with Crippen LogP contribution in [0.1, 0.15) is 46.9 Å². The van der Waals surface area contributed by atoms with Gasteiger partial charge >= 0.3 is 6.18 Å². The highest BCUT2D eigenvalue weighted by molar-refractivity contribution is 7.89. The molecule has 0 bridgehead atoms. The van der Waals surface area contributed by atoms with Gasteiger partial charge in [-0.3, -0.25) is 0 Å². The standard InChI is InChI=1S/C28H28F3N3O4S/c1-39(35,36)20-26-32-15-17-34(26)16-3-2-4-21-7-12-25(13-8-21)37-18-24-19-38-27(33-24)14-9-22-5-10-23(11-6-22)28(29,30)31/h5-15,17,19H,2-4,16,18,20H2,1H3/b14-9+. The van der Waals surface area contributed by atoms with Crippen molar-refractivity contribution < 1.29 is 30.7 Å². The van der Waals surface area contributed by atoms with Crippen molar-refractivity contribution in [3.8, 4) is 5.75 Å². The Kier molecular flexibility index (Phi) is 8.90. The molecule has 0 fully saturated rings. The Labute approximate surface area is 224 Å². The lowest BCUT2D eigenvalue weighted by Crippen LogP contribution is -2.09. The third-order valence-electron chi connectivity index (χ3n) is 5.84. The first-order chi connectivity index (χ1) is 18.5. The number of hydrogen-bond donors (Lipinski definition) is 0. The number of imidazole rings is 1. The molecule has 39 heavy (non-hydrogen) atoms. The fourth-order valence-electron chi connectivity index (χ4n) is 3.86. The predicted molar refractivity (Wildman–Crippen MR) is 141 cm³/mol. The Morgan fingerprint density at radius 3 is 2.46 bits per heavy atom. The van der Waals surface area contributed by atoms with Crippen molar-refractivity contribution in [3.05, 3.63) is 101 Å². The zero-order valence-electron chi connectivity index (χ0n) is 21.3. The highest BCUT2D eigenvalue weighted by Crippen LogP contribution is 2.29. The summed E-state index contributed by atoms with van der Waals surface area (Å²) in [4.78, 5) is 8.46. The molecule has 0 saturated carbocycles. The first-order valence-electron chi connectivity index (χ1n) is 12.2. The minimum atomic E-state index is -4.36. The third kappa shape index (κ3) is 8.85. The van der Waals surface area contributed by atoms with Gasteiger partial charge in [-0.2, -0.15) is 13.2 Å². The normalized spacial score (nSPS) is 12.3. The summed E-state index contributed by atoms with van der Waals surface area (Å²) in [5.41, 5.74) is 1.65. The molecule has 0 saturated heterocycles. The number of ether oxygens (including phenoxy) is 1. The van der Waals surface area contributed by atoms with Crippen molar-refractivity contribution in [2.45, 2.75) is 44.3 Å². The summed E-state index contributed by atoms with van der Waals surface area (Å²) in [5, 5.41) is 0. The molecule has 2 aromatic heterocycles. The molecule has 11 heteroatoms. The van der Waals surface area contributed by atoms with Crippen LogP contribution in [0.2, 0.25) is 0 Å². The lowest BCUT2D eigenvalue weighted by Gasteiger charge is -2.08. The van der Waals surface area contributed by atoms with Crippen LogP contribution in [0.3, 0.4) is 0 Å². The smallest absolute Gasteiger partial charge is 0.416 e. The van der Waals surface area contributed by atoms with E-state index in [9.17, 15) is 21.6 Å². The molecule has 0 unspecified atom stereocenters. The maximum Gasteiger partial charge on any atom is 0.416 e. The van der Waals surface area contributed by atoms with Crippen LogP contribution < -0.4 is 4.74 Å². The van der Waals surface area contributed by atoms with Gasteiger partial charge in [0.05, 0.1) is 5.56 Å². The fourth-order valence-corrected chi connectivity index (χ4v) is 4.56. The molecule has 4 rings (SSSR count). The average Bonchev–Trinajstić information content (AvgIpc) is 3.52. The van der Waals surface area contributed by atoms with Crippen LogP contribution in [0, 0.1) is 0 Å². The van der Waals surface area contributed by atoms with Gasteiger partial charge in [-0.1, -0.05) is 24.3 Å². The number of aromatic nitrogens is 3. The van der Waals surface area contributed by atoms with E-state index >= 15 is 0 Å². The number of halogens is 3. The summed E-state index contributed by atoms with van der Waals surface area (Å²) in [7, 11) is -3.12. The largest absolute Gasteiger partial charge is 0.487 e. The Bertz CT molecular complexity index is 1490. The van der Waals surface area contributed by atoms with Gasteiger partial charge in [0, 0.05) is 31.3 Å². The van der Waals surface area contributed by atoms with Gasteiger partial charge in [0.1, 0.15) is 35.9 Å². The first-order valence-corrected chi connectivity index (χ1v) is 14.3. The third-order valence-corrected chi connectivity index (χ3v) is 6.63. The molecule has 0 atom stereocenters. The van der Waals surface area contributed by atoms with Gasteiger partial charge in [-0.25, -0.2) is 18.4 Å². The van der Waals surface area contributed by atoms with Gasteiger partial charge in [-0.05, 0) is 60.7 Å². The van der Waals surface area contributed by atoms with E-state index in [-0.39, 0.29) is 12.4 Å². The van der Waals surface area contributed by atoms with Gasteiger partial charge in [0.25, 0.3) is 0 Å². The molecule has 206 valence electrons. The van der Waals surface area contributed by atoms with E-state index in [0.29, 0.717) is 35.3 Å². The Hall–Kier alpha value is -3.86. The highest BCUT2D eigenvalue weighted by atomic mass is 32.2. The van der Waals surface area contributed by atoms with E-state index in [4.69, 9.17) is 9.15 Å². The number of unbranched alkanes of at least 4 members (excludes halogenated alkanes) is 1. The molecule has 0 aliphatic carbocycles. The van der Waals surface area contributed by atoms with Crippen LogP contribution >= 0.6 is 0 Å². The van der Waals surface area contributed by atoms with Gasteiger partial charge < -0.3 is 13.7 Å². The molecule has 0 N–H and O–H groups in total. The van der Waals surface area contributed by atoms with Crippen LogP contribution in [0.4, 0.5) is 13.2 Å². The zero-order valence-corrected chi connectivity index (χ0v) is 22.1. The second-order valence-corrected chi connectivity index (χ2v) is 11.3. The van der Waals surface area contributed by atoms with Crippen LogP contribution in [0.5, 0.6) is 5.75 Å². The molecule has 0 spiro atoms. The number of hydrogen-bond acceptors (Lipinski definition) is 6. The minimum Gasteiger partial charge on any atom is -0.487 e. The molecule has 0 amide bonds. The van der Waals surface area contributed by atoms with Crippen LogP contribution in [0.15, 0.2) is 71.6 Å². The minimum absolute atomic E-state index is 0.0590. The molecule has 4 aromatic rings. The Morgan fingerprint density at radius 2 is 1.77 bits per heavy atom. The maximum absolute atomic E-state index is 12.7. The predicted octanol–water partition coefficient (Wildman–Crippen LogP) is 6.21. The molecule has 0 aliphatic rings. The van der Waals surface area contributed by atoms with Gasteiger partial charge in [0.2, 0.25) is 5.89 Å². The molecule has 2 aromatic carbocycles. The van der Waals surface area contributed by atoms with Crippen molar-refractivity contribution in [1.82, 2.24) is 14.5 Å². The molecular formula is C28H28F3N3O4S. The topological polar surface area (TPSA) is 87.2 Å². The van der Waals surface area contributed by atoms with Crippen molar-refractivity contribution in [1.29, 1.82) is 0 Å². The van der Waals surface area contributed by atoms with Crippen molar-refractivity contribution in [2.24, 2.45) is 0 Å². The number of aryl methyl sites for hydroxylation is 2. The summed E-state index contributed by atoms with van der Waals surface area (Å²) in [6.07, 6.45) is 7.67. The average molecular weight is 560 g/mol. The fraction of sp³-hybridized carbons (Fsp3) is 0.286. The number of alkyl halides is 3. The van der Waals surface area contributed by atoms with Crippen LogP contribution in [-0.4, -0.2) is 29.2 Å². The second kappa shape index (κ2) is 12.3. The number of rotatable bonds is 12. The van der Waals surface area contributed by atoms with Crippen molar-refractivity contribution in [2.75, 3.05) is 6.26 Å². The molecule has 2 heterocycles. The van der Waals surface area contributed by atoms with E-state index < -0.39 is 21.6 Å². The van der Waals surface area contributed by atoms with Crippen LogP contribution in [0.25, 0.3) is 12.2 Å². The molecule has 7 nitrogen and oxygen atoms in total. The van der Waals surface area contributed by atoms with Crippen molar-refractivity contribution >= 4 is 22.0 Å². The van der Waals surface area contributed by atoms with E-state index in [1.54, 1.807) is 24.5 Å². The molecule has 0 radical (unpaired) electrons. The summed E-state index contributed by atoms with van der Waals surface area (Å²) in [6.45, 7) is 0.920. The van der Waals surface area contributed by atoms with E-state index in [0.717, 1.165) is 31.4 Å². The molecular weight excluding hydrogens is 531 g/mol. The zero-order chi connectivity index (χ0) is 27.9. The maximum atomic E-state index is 12.7. The number of sulfone groups is 1. The monoisotopic (exact) mass is 559 g/mol. The Balaban J connectivity index is 1.20. The number of oxazole rings is 1. The summed E-state index contributed by atoms with van der Waals surface area (Å²) >= 11 is 0. The Morgan fingerprint density at radius 1 is 1.03 bits per heavy atom. The summed E-state index contributed by atoms with van der Waals surface area (Å²) < 4.78 is 74.1. The highest BCUT2D eigenvalue weighted by Gasteiger charge is 2.29. The quantitative estimate of drug-likeness (QED) is 0.192. The number of benzene rings is 2. The van der Waals surface area contributed by atoms with E-state index in [1.165, 1.54) is 30.2 Å². The van der Waals surface area contributed by atoms with Crippen LogP contribution in [-0.2, 0) is 41.3 Å².